The molecule has 168 valence electrons. The van der Waals surface area contributed by atoms with E-state index in [1.165, 1.54) is 11.8 Å². The first-order valence-electron chi connectivity index (χ1n) is 10.4. The molecule has 1 unspecified atom stereocenters. The van der Waals surface area contributed by atoms with Crippen molar-refractivity contribution < 1.29 is 19.0 Å². The molecule has 0 saturated carbocycles. The average Bonchev–Trinajstić information content (AvgIpc) is 3.48. The average molecular weight is 455 g/mol. The second kappa shape index (κ2) is 10.5. The van der Waals surface area contributed by atoms with Gasteiger partial charge >= 0.3 is 0 Å². The molecule has 1 fully saturated rings. The molecule has 2 heterocycles. The Kier molecular flexibility index (Phi) is 7.28. The van der Waals surface area contributed by atoms with Crippen LogP contribution in [0.2, 0.25) is 0 Å². The highest BCUT2D eigenvalue weighted by atomic mass is 32.2. The Morgan fingerprint density at radius 1 is 1.16 bits per heavy atom. The first-order valence-corrected chi connectivity index (χ1v) is 11.4. The van der Waals surface area contributed by atoms with Gasteiger partial charge in [-0.05, 0) is 49.2 Å². The molecule has 0 bridgehead atoms. The Bertz CT molecular complexity index is 1050. The number of nitrogens with one attached hydrogen (secondary N) is 1. The van der Waals surface area contributed by atoms with Crippen LogP contribution in [-0.2, 0) is 16.1 Å². The van der Waals surface area contributed by atoms with Gasteiger partial charge < -0.3 is 19.5 Å². The van der Waals surface area contributed by atoms with E-state index in [0.29, 0.717) is 23.1 Å². The number of aromatic nitrogens is 3. The van der Waals surface area contributed by atoms with Crippen LogP contribution in [0.4, 0.5) is 5.69 Å². The molecule has 1 atom stereocenters. The first kappa shape index (κ1) is 22.2. The van der Waals surface area contributed by atoms with Crippen molar-refractivity contribution in [3.8, 4) is 22.9 Å². The van der Waals surface area contributed by atoms with Crippen molar-refractivity contribution >= 4 is 23.4 Å². The number of thioether (sulfide) groups is 1. The van der Waals surface area contributed by atoms with Crippen molar-refractivity contribution in [2.45, 2.75) is 30.6 Å². The van der Waals surface area contributed by atoms with Crippen molar-refractivity contribution in [3.63, 3.8) is 0 Å². The maximum atomic E-state index is 12.6. The predicted octanol–water partition coefficient (Wildman–Crippen LogP) is 3.87. The van der Waals surface area contributed by atoms with E-state index in [1.807, 2.05) is 53.1 Å². The minimum Gasteiger partial charge on any atom is -0.497 e. The topological polar surface area (TPSA) is 87.5 Å². The number of amides is 1. The lowest BCUT2D eigenvalue weighted by Gasteiger charge is -2.15. The van der Waals surface area contributed by atoms with Gasteiger partial charge in [-0.1, -0.05) is 23.9 Å². The summed E-state index contributed by atoms with van der Waals surface area (Å²) in [7, 11) is 3.22. The van der Waals surface area contributed by atoms with Gasteiger partial charge in [0.15, 0.2) is 11.0 Å². The Balaban J connectivity index is 1.50. The fourth-order valence-electron chi connectivity index (χ4n) is 3.57. The van der Waals surface area contributed by atoms with Crippen molar-refractivity contribution in [2.24, 2.45) is 0 Å². The van der Waals surface area contributed by atoms with Crippen molar-refractivity contribution in [3.05, 3.63) is 48.5 Å². The van der Waals surface area contributed by atoms with Crippen LogP contribution < -0.4 is 14.8 Å². The van der Waals surface area contributed by atoms with E-state index in [0.717, 1.165) is 36.6 Å². The minimum absolute atomic E-state index is 0.116. The number of benzene rings is 2. The molecule has 9 heteroatoms. The summed E-state index contributed by atoms with van der Waals surface area (Å²) in [6.45, 7) is 1.42. The Labute approximate surface area is 191 Å². The van der Waals surface area contributed by atoms with Gasteiger partial charge in [0.2, 0.25) is 5.91 Å². The largest absolute Gasteiger partial charge is 0.497 e. The molecule has 1 amide bonds. The molecule has 0 radical (unpaired) electrons. The standard InChI is InChI=1S/C23H26N4O4S/c1-29-17-11-9-16(10-12-17)22-25-26-23(27(22)14-18-6-5-13-31-18)32-15-21(28)24-19-7-3-4-8-20(19)30-2/h3-4,7-12,18H,5-6,13-15H2,1-2H3,(H,24,28). The number of anilines is 1. The van der Waals surface area contributed by atoms with Crippen LogP contribution in [0.25, 0.3) is 11.4 Å². The second-order valence-electron chi connectivity index (χ2n) is 7.32. The van der Waals surface area contributed by atoms with Gasteiger partial charge in [0.25, 0.3) is 0 Å². The van der Waals surface area contributed by atoms with Crippen LogP contribution in [-0.4, -0.2) is 53.4 Å². The van der Waals surface area contributed by atoms with Crippen LogP contribution >= 0.6 is 11.8 Å². The van der Waals surface area contributed by atoms with E-state index >= 15 is 0 Å². The molecule has 3 aromatic rings. The van der Waals surface area contributed by atoms with Crippen molar-refractivity contribution in [2.75, 3.05) is 31.9 Å². The molecule has 8 nitrogen and oxygen atoms in total. The fraction of sp³-hybridized carbons (Fsp3) is 0.348. The molecule has 2 aromatic carbocycles. The van der Waals surface area contributed by atoms with Gasteiger partial charge in [0, 0.05) is 12.2 Å². The van der Waals surface area contributed by atoms with Crippen LogP contribution in [0.15, 0.2) is 53.7 Å². The Hall–Kier alpha value is -3.04. The van der Waals surface area contributed by atoms with Gasteiger partial charge in [0.05, 0.1) is 38.3 Å². The number of para-hydroxylation sites is 2. The normalized spacial score (nSPS) is 15.5. The summed E-state index contributed by atoms with van der Waals surface area (Å²) in [5, 5.41) is 12.4. The van der Waals surface area contributed by atoms with Crippen LogP contribution in [0.3, 0.4) is 0 Å². The molecule has 0 aliphatic carbocycles. The smallest absolute Gasteiger partial charge is 0.234 e. The van der Waals surface area contributed by atoms with E-state index < -0.39 is 0 Å². The van der Waals surface area contributed by atoms with E-state index in [4.69, 9.17) is 14.2 Å². The summed E-state index contributed by atoms with van der Waals surface area (Å²) < 4.78 is 18.4. The SMILES string of the molecule is COc1ccc(-c2nnc(SCC(=O)Nc3ccccc3OC)n2CC2CCCO2)cc1. The molecule has 4 rings (SSSR count). The molecule has 1 aromatic heterocycles. The number of ether oxygens (including phenoxy) is 3. The number of hydrogen-bond acceptors (Lipinski definition) is 7. The second-order valence-corrected chi connectivity index (χ2v) is 8.26. The van der Waals surface area contributed by atoms with E-state index in [9.17, 15) is 4.79 Å². The maximum Gasteiger partial charge on any atom is 0.234 e. The Morgan fingerprint density at radius 2 is 1.97 bits per heavy atom. The zero-order chi connectivity index (χ0) is 22.3. The van der Waals surface area contributed by atoms with Gasteiger partial charge in [-0.15, -0.1) is 10.2 Å². The zero-order valence-corrected chi connectivity index (χ0v) is 18.9. The number of nitrogens with zero attached hydrogens (tertiary/aromatic N) is 3. The van der Waals surface area contributed by atoms with Crippen molar-refractivity contribution in [1.29, 1.82) is 0 Å². The summed E-state index contributed by atoms with van der Waals surface area (Å²) in [5.74, 6) is 2.20. The van der Waals surface area contributed by atoms with Gasteiger partial charge in [-0.3, -0.25) is 9.36 Å². The number of rotatable bonds is 9. The predicted molar refractivity (Wildman–Crippen MR) is 123 cm³/mol. The molecular weight excluding hydrogens is 428 g/mol. The zero-order valence-electron chi connectivity index (χ0n) is 18.1. The lowest BCUT2D eigenvalue weighted by Crippen LogP contribution is -2.18. The first-order chi connectivity index (χ1) is 15.7. The third-order valence-electron chi connectivity index (χ3n) is 5.19. The number of methoxy groups -OCH3 is 2. The quantitative estimate of drug-likeness (QED) is 0.491. The van der Waals surface area contributed by atoms with Crippen molar-refractivity contribution in [1.82, 2.24) is 14.8 Å². The molecule has 32 heavy (non-hydrogen) atoms. The maximum absolute atomic E-state index is 12.6. The number of hydrogen-bond donors (Lipinski definition) is 1. The van der Waals surface area contributed by atoms with Gasteiger partial charge in [0.1, 0.15) is 11.5 Å². The van der Waals surface area contributed by atoms with Crippen LogP contribution in [0.5, 0.6) is 11.5 Å². The third kappa shape index (κ3) is 5.23. The highest BCUT2D eigenvalue weighted by molar-refractivity contribution is 7.99. The molecule has 1 aliphatic heterocycles. The highest BCUT2D eigenvalue weighted by Crippen LogP contribution is 2.28. The number of carbonyl (C=O) groups excluding carboxylic acids is 1. The van der Waals surface area contributed by atoms with Gasteiger partial charge in [-0.2, -0.15) is 0 Å². The molecule has 1 N–H and O–H groups in total. The van der Waals surface area contributed by atoms with Crippen LogP contribution in [0.1, 0.15) is 12.8 Å². The fourth-order valence-corrected chi connectivity index (χ4v) is 4.32. The summed E-state index contributed by atoms with van der Waals surface area (Å²) in [6, 6.07) is 15.0. The highest BCUT2D eigenvalue weighted by Gasteiger charge is 2.22. The lowest BCUT2D eigenvalue weighted by atomic mass is 10.2. The third-order valence-corrected chi connectivity index (χ3v) is 6.16. The lowest BCUT2D eigenvalue weighted by molar-refractivity contribution is -0.113. The Morgan fingerprint density at radius 3 is 2.69 bits per heavy atom. The molecule has 1 saturated heterocycles. The monoisotopic (exact) mass is 454 g/mol. The van der Waals surface area contributed by atoms with Crippen LogP contribution in [0, 0.1) is 0 Å². The number of carbonyl (C=O) groups is 1. The summed E-state index contributed by atoms with van der Waals surface area (Å²) >= 11 is 1.35. The summed E-state index contributed by atoms with van der Waals surface area (Å²) in [6.07, 6.45) is 2.16. The van der Waals surface area contributed by atoms with E-state index in [2.05, 4.69) is 15.5 Å². The molecule has 0 spiro atoms. The molecular formula is C23H26N4O4S. The summed E-state index contributed by atoms with van der Waals surface area (Å²) in [4.78, 5) is 12.6. The minimum atomic E-state index is -0.142. The summed E-state index contributed by atoms with van der Waals surface area (Å²) in [5.41, 5.74) is 1.57. The van der Waals surface area contributed by atoms with E-state index in [1.54, 1.807) is 14.2 Å². The van der Waals surface area contributed by atoms with E-state index in [-0.39, 0.29) is 17.8 Å². The van der Waals surface area contributed by atoms with Gasteiger partial charge in [-0.25, -0.2) is 0 Å². The molecule has 1 aliphatic rings.